The molecule has 0 amide bonds. The fraction of sp³-hybridized carbons (Fsp3) is 0.500. The van der Waals surface area contributed by atoms with Gasteiger partial charge in [-0.15, -0.1) is 0 Å². The Labute approximate surface area is 71.1 Å². The van der Waals surface area contributed by atoms with Crippen molar-refractivity contribution in [1.29, 1.82) is 0 Å². The van der Waals surface area contributed by atoms with E-state index in [9.17, 15) is 4.79 Å². The molecule has 0 unspecified atom stereocenters. The molecule has 0 spiro atoms. The van der Waals surface area contributed by atoms with Crippen molar-refractivity contribution in [2.75, 3.05) is 13.7 Å². The van der Waals surface area contributed by atoms with E-state index in [1.165, 1.54) is 7.11 Å². The van der Waals surface area contributed by atoms with Crippen LogP contribution in [-0.4, -0.2) is 29.3 Å². The van der Waals surface area contributed by atoms with Crippen LogP contribution in [0, 0.1) is 6.92 Å². The molecule has 0 fully saturated rings. The van der Waals surface area contributed by atoms with Crippen LogP contribution in [0.1, 0.15) is 5.69 Å². The second-order valence-electron chi connectivity index (χ2n) is 2.63. The summed E-state index contributed by atoms with van der Waals surface area (Å²) in [6, 6.07) is 1.86. The summed E-state index contributed by atoms with van der Waals surface area (Å²) in [5.41, 5.74) is 0.917. The number of ketones is 1. The molecule has 0 aliphatic heterocycles. The fourth-order valence-corrected chi connectivity index (χ4v) is 0.939. The van der Waals surface area contributed by atoms with E-state index in [-0.39, 0.29) is 12.4 Å². The van der Waals surface area contributed by atoms with Crippen LogP contribution in [0.4, 0.5) is 0 Å². The highest BCUT2D eigenvalue weighted by Gasteiger charge is 2.02. The first-order valence-corrected chi connectivity index (χ1v) is 3.73. The summed E-state index contributed by atoms with van der Waals surface area (Å²) in [5, 5.41) is 4.07. The van der Waals surface area contributed by atoms with Crippen LogP contribution in [0.25, 0.3) is 0 Å². The smallest absolute Gasteiger partial charge is 0.179 e. The summed E-state index contributed by atoms with van der Waals surface area (Å²) in [5.74, 6) is 0.0283. The van der Waals surface area contributed by atoms with Gasteiger partial charge in [0.05, 0.1) is 5.69 Å². The summed E-state index contributed by atoms with van der Waals surface area (Å²) in [6.45, 7) is 2.33. The summed E-state index contributed by atoms with van der Waals surface area (Å²) in [4.78, 5) is 11.0. The second-order valence-corrected chi connectivity index (χ2v) is 2.63. The van der Waals surface area contributed by atoms with Crippen LogP contribution in [-0.2, 0) is 16.1 Å². The van der Waals surface area contributed by atoms with Crippen molar-refractivity contribution >= 4 is 5.78 Å². The average Bonchev–Trinajstić information content (AvgIpc) is 2.36. The Morgan fingerprint density at radius 2 is 2.50 bits per heavy atom. The third-order valence-electron chi connectivity index (χ3n) is 1.42. The monoisotopic (exact) mass is 168 g/mol. The van der Waals surface area contributed by atoms with E-state index >= 15 is 0 Å². The molecule has 4 nitrogen and oxygen atoms in total. The minimum Gasteiger partial charge on any atom is -0.377 e. The quantitative estimate of drug-likeness (QED) is 0.654. The van der Waals surface area contributed by atoms with Gasteiger partial charge >= 0.3 is 0 Å². The van der Waals surface area contributed by atoms with Crippen LogP contribution in [0.15, 0.2) is 12.3 Å². The molecule has 0 radical (unpaired) electrons. The van der Waals surface area contributed by atoms with Crippen molar-refractivity contribution in [2.24, 2.45) is 0 Å². The molecule has 1 aromatic rings. The highest BCUT2D eigenvalue weighted by molar-refractivity contribution is 5.79. The summed E-state index contributed by atoms with van der Waals surface area (Å²) in [6.07, 6.45) is 1.78. The number of methoxy groups -OCH3 is 1. The predicted octanol–water partition coefficient (Wildman–Crippen LogP) is 0.407. The number of aryl methyl sites for hydroxylation is 1. The van der Waals surface area contributed by atoms with Gasteiger partial charge in [0.25, 0.3) is 0 Å². The molecule has 66 valence electrons. The number of carbonyl (C=O) groups excluding carboxylic acids is 1. The standard InChI is InChI=1S/C8H12N2O2/c1-7-3-4-10(9-7)5-8(11)6-12-2/h3-4H,5-6H2,1-2H3. The second kappa shape index (κ2) is 4.01. The zero-order valence-electron chi connectivity index (χ0n) is 7.28. The van der Waals surface area contributed by atoms with E-state index in [1.54, 1.807) is 10.9 Å². The van der Waals surface area contributed by atoms with Gasteiger partial charge in [0.2, 0.25) is 0 Å². The van der Waals surface area contributed by atoms with Gasteiger partial charge in [0.15, 0.2) is 5.78 Å². The first kappa shape index (κ1) is 8.93. The first-order valence-electron chi connectivity index (χ1n) is 3.73. The molecular formula is C8H12N2O2. The van der Waals surface area contributed by atoms with Gasteiger partial charge in [0.1, 0.15) is 13.2 Å². The van der Waals surface area contributed by atoms with Gasteiger partial charge in [-0.1, -0.05) is 0 Å². The van der Waals surface area contributed by atoms with Crippen LogP contribution >= 0.6 is 0 Å². The van der Waals surface area contributed by atoms with Crippen molar-refractivity contribution in [1.82, 2.24) is 9.78 Å². The minimum atomic E-state index is 0.0283. The molecule has 0 saturated heterocycles. The van der Waals surface area contributed by atoms with Crippen molar-refractivity contribution < 1.29 is 9.53 Å². The Kier molecular flexibility index (Phi) is 2.99. The first-order chi connectivity index (χ1) is 5.72. The largest absolute Gasteiger partial charge is 0.377 e. The van der Waals surface area contributed by atoms with Gasteiger partial charge in [-0.05, 0) is 13.0 Å². The zero-order chi connectivity index (χ0) is 8.97. The predicted molar refractivity (Wildman–Crippen MR) is 43.8 cm³/mol. The number of rotatable bonds is 4. The molecule has 1 rings (SSSR count). The van der Waals surface area contributed by atoms with Gasteiger partial charge in [-0.2, -0.15) is 5.10 Å². The topological polar surface area (TPSA) is 44.1 Å². The molecule has 0 aliphatic carbocycles. The molecule has 0 saturated carbocycles. The molecule has 0 N–H and O–H groups in total. The Morgan fingerprint density at radius 1 is 1.75 bits per heavy atom. The van der Waals surface area contributed by atoms with E-state index in [4.69, 9.17) is 4.74 Å². The van der Waals surface area contributed by atoms with Crippen molar-refractivity contribution in [3.05, 3.63) is 18.0 Å². The zero-order valence-corrected chi connectivity index (χ0v) is 7.28. The van der Waals surface area contributed by atoms with Crippen LogP contribution in [0.3, 0.4) is 0 Å². The normalized spacial score (nSPS) is 10.2. The van der Waals surface area contributed by atoms with Crippen LogP contribution < -0.4 is 0 Å². The Hall–Kier alpha value is -1.16. The third-order valence-corrected chi connectivity index (χ3v) is 1.42. The lowest BCUT2D eigenvalue weighted by molar-refractivity contribution is -0.123. The third kappa shape index (κ3) is 2.47. The Morgan fingerprint density at radius 3 is 3.00 bits per heavy atom. The fourth-order valence-electron chi connectivity index (χ4n) is 0.939. The van der Waals surface area contributed by atoms with Gasteiger partial charge in [0, 0.05) is 13.3 Å². The number of aromatic nitrogens is 2. The van der Waals surface area contributed by atoms with E-state index in [2.05, 4.69) is 5.10 Å². The molecule has 0 aliphatic rings. The lowest BCUT2D eigenvalue weighted by Gasteiger charge is -1.98. The highest BCUT2D eigenvalue weighted by atomic mass is 16.5. The maximum Gasteiger partial charge on any atom is 0.179 e. The summed E-state index contributed by atoms with van der Waals surface area (Å²) in [7, 11) is 1.51. The van der Waals surface area contributed by atoms with E-state index in [1.807, 2.05) is 13.0 Å². The lowest BCUT2D eigenvalue weighted by Crippen LogP contribution is -2.15. The SMILES string of the molecule is COCC(=O)Cn1ccc(C)n1. The average molecular weight is 168 g/mol. The highest BCUT2D eigenvalue weighted by Crippen LogP contribution is 1.92. The van der Waals surface area contributed by atoms with E-state index < -0.39 is 0 Å². The molecule has 4 heteroatoms. The van der Waals surface area contributed by atoms with Gasteiger partial charge in [-0.25, -0.2) is 0 Å². The van der Waals surface area contributed by atoms with Crippen molar-refractivity contribution in [3.63, 3.8) is 0 Å². The number of carbonyl (C=O) groups is 1. The van der Waals surface area contributed by atoms with E-state index in [0.717, 1.165) is 5.69 Å². The number of ether oxygens (including phenoxy) is 1. The van der Waals surface area contributed by atoms with Gasteiger partial charge in [-0.3, -0.25) is 9.48 Å². The number of Topliss-reactive ketones (excluding diaryl/α,β-unsaturated/α-hetero) is 1. The maximum absolute atomic E-state index is 11.0. The van der Waals surface area contributed by atoms with Crippen molar-refractivity contribution in [3.8, 4) is 0 Å². The van der Waals surface area contributed by atoms with E-state index in [0.29, 0.717) is 6.54 Å². The Balaban J connectivity index is 2.46. The molecule has 0 atom stereocenters. The molecule has 1 heterocycles. The summed E-state index contributed by atoms with van der Waals surface area (Å²) >= 11 is 0. The molecule has 1 aromatic heterocycles. The van der Waals surface area contributed by atoms with Crippen molar-refractivity contribution in [2.45, 2.75) is 13.5 Å². The molecular weight excluding hydrogens is 156 g/mol. The molecule has 0 bridgehead atoms. The minimum absolute atomic E-state index is 0.0283. The summed E-state index contributed by atoms with van der Waals surface area (Å²) < 4.78 is 6.30. The number of hydrogen-bond acceptors (Lipinski definition) is 3. The number of hydrogen-bond donors (Lipinski definition) is 0. The molecule has 0 aromatic carbocycles. The van der Waals surface area contributed by atoms with Crippen LogP contribution in [0.5, 0.6) is 0 Å². The number of nitrogens with zero attached hydrogens (tertiary/aromatic N) is 2. The lowest BCUT2D eigenvalue weighted by atomic mass is 10.4. The Bertz CT molecular complexity index is 268. The molecule has 12 heavy (non-hydrogen) atoms. The maximum atomic E-state index is 11.0. The van der Waals surface area contributed by atoms with Gasteiger partial charge < -0.3 is 4.74 Å². The van der Waals surface area contributed by atoms with Crippen LogP contribution in [0.2, 0.25) is 0 Å².